The molecule has 0 amide bonds. The van der Waals surface area contributed by atoms with Gasteiger partial charge in [-0.25, -0.2) is 0 Å². The van der Waals surface area contributed by atoms with Crippen LogP contribution < -0.4 is 5.73 Å². The molecule has 0 saturated heterocycles. The van der Waals surface area contributed by atoms with Gasteiger partial charge in [0.05, 0.1) is 6.61 Å². The predicted molar refractivity (Wildman–Crippen MR) is 81.3 cm³/mol. The first-order valence-electron chi connectivity index (χ1n) is 7.10. The molecule has 0 aliphatic carbocycles. The third kappa shape index (κ3) is 5.31. The molecule has 3 nitrogen and oxygen atoms in total. The molecule has 19 heavy (non-hydrogen) atoms. The van der Waals surface area contributed by atoms with Crippen LogP contribution in [0.25, 0.3) is 0 Å². The molecule has 0 fully saturated rings. The van der Waals surface area contributed by atoms with Crippen LogP contribution in [-0.4, -0.2) is 37.7 Å². The first-order valence-corrected chi connectivity index (χ1v) is 7.10. The average Bonchev–Trinajstić information content (AvgIpc) is 2.38. The summed E-state index contributed by atoms with van der Waals surface area (Å²) in [5.74, 6) is 0. The summed E-state index contributed by atoms with van der Waals surface area (Å²) in [6, 6.07) is 9.02. The van der Waals surface area contributed by atoms with E-state index in [1.807, 2.05) is 0 Å². The van der Waals surface area contributed by atoms with Crippen LogP contribution >= 0.6 is 0 Å². The average molecular weight is 264 g/mol. The molecule has 1 atom stereocenters. The fourth-order valence-electron chi connectivity index (χ4n) is 2.30. The van der Waals surface area contributed by atoms with E-state index >= 15 is 0 Å². The fraction of sp³-hybridized carbons (Fsp3) is 0.625. The number of hydrogen-bond acceptors (Lipinski definition) is 3. The van der Waals surface area contributed by atoms with Crippen molar-refractivity contribution in [2.24, 2.45) is 5.73 Å². The van der Waals surface area contributed by atoms with E-state index in [4.69, 9.17) is 10.5 Å². The van der Waals surface area contributed by atoms with E-state index < -0.39 is 0 Å². The Kier molecular flexibility index (Phi) is 7.06. The van der Waals surface area contributed by atoms with E-state index in [0.29, 0.717) is 6.04 Å². The zero-order chi connectivity index (χ0) is 14.3. The van der Waals surface area contributed by atoms with Gasteiger partial charge in [-0.15, -0.1) is 0 Å². The molecule has 0 radical (unpaired) electrons. The van der Waals surface area contributed by atoms with Gasteiger partial charge < -0.3 is 10.5 Å². The fourth-order valence-corrected chi connectivity index (χ4v) is 2.30. The second kappa shape index (κ2) is 8.31. The smallest absolute Gasteiger partial charge is 0.0589 e. The number of hydrogen-bond donors (Lipinski definition) is 1. The van der Waals surface area contributed by atoms with E-state index in [0.717, 1.165) is 26.1 Å². The van der Waals surface area contributed by atoms with E-state index in [2.05, 4.69) is 49.9 Å². The number of benzene rings is 1. The molecule has 108 valence electrons. The first-order chi connectivity index (χ1) is 9.06. The van der Waals surface area contributed by atoms with Crippen LogP contribution in [0.3, 0.4) is 0 Å². The number of rotatable bonds is 8. The lowest BCUT2D eigenvalue weighted by Crippen LogP contribution is -2.36. The van der Waals surface area contributed by atoms with Crippen LogP contribution in [0.2, 0.25) is 0 Å². The van der Waals surface area contributed by atoms with Crippen molar-refractivity contribution in [2.75, 3.05) is 26.8 Å². The predicted octanol–water partition coefficient (Wildman–Crippen LogP) is 2.74. The molecular weight excluding hydrogens is 236 g/mol. The summed E-state index contributed by atoms with van der Waals surface area (Å²) in [4.78, 5) is 2.42. The molecule has 0 saturated carbocycles. The maximum atomic E-state index is 6.32. The summed E-state index contributed by atoms with van der Waals surface area (Å²) in [7, 11) is 1.75. The summed E-state index contributed by atoms with van der Waals surface area (Å²) in [6.07, 6.45) is 0.979. The van der Waals surface area contributed by atoms with E-state index in [9.17, 15) is 0 Å². The van der Waals surface area contributed by atoms with Gasteiger partial charge in [0.1, 0.15) is 0 Å². The number of nitrogens with two attached hydrogens (primary N) is 1. The van der Waals surface area contributed by atoms with Crippen LogP contribution in [0.5, 0.6) is 0 Å². The van der Waals surface area contributed by atoms with Crippen LogP contribution in [0, 0.1) is 6.92 Å². The van der Waals surface area contributed by atoms with Crippen LogP contribution in [0.1, 0.15) is 37.4 Å². The Balaban J connectivity index is 2.52. The van der Waals surface area contributed by atoms with Crippen LogP contribution in [-0.2, 0) is 4.74 Å². The van der Waals surface area contributed by atoms with Crippen molar-refractivity contribution in [3.05, 3.63) is 35.4 Å². The molecule has 0 aromatic heterocycles. The summed E-state index contributed by atoms with van der Waals surface area (Å²) in [5.41, 5.74) is 8.86. The molecule has 1 unspecified atom stereocenters. The minimum absolute atomic E-state index is 0.116. The summed E-state index contributed by atoms with van der Waals surface area (Å²) in [5, 5.41) is 0. The Hall–Kier alpha value is -0.900. The Morgan fingerprint density at radius 3 is 2.47 bits per heavy atom. The van der Waals surface area contributed by atoms with E-state index in [1.165, 1.54) is 11.1 Å². The Labute approximate surface area is 117 Å². The van der Waals surface area contributed by atoms with Gasteiger partial charge >= 0.3 is 0 Å². The molecule has 0 spiro atoms. The van der Waals surface area contributed by atoms with Gasteiger partial charge in [0.15, 0.2) is 0 Å². The molecule has 3 heteroatoms. The monoisotopic (exact) mass is 264 g/mol. The molecule has 0 bridgehead atoms. The van der Waals surface area contributed by atoms with Crippen LogP contribution in [0.15, 0.2) is 24.3 Å². The highest BCUT2D eigenvalue weighted by atomic mass is 16.5. The maximum absolute atomic E-state index is 6.32. The normalized spacial score (nSPS) is 13.2. The minimum atomic E-state index is 0.116. The highest BCUT2D eigenvalue weighted by Gasteiger charge is 2.13. The molecular formula is C16H28N2O. The van der Waals surface area contributed by atoms with Crippen molar-refractivity contribution in [2.45, 2.75) is 39.3 Å². The van der Waals surface area contributed by atoms with Gasteiger partial charge in [0, 0.05) is 32.3 Å². The zero-order valence-corrected chi connectivity index (χ0v) is 12.7. The van der Waals surface area contributed by atoms with Gasteiger partial charge in [-0.1, -0.05) is 24.3 Å². The van der Waals surface area contributed by atoms with Crippen molar-refractivity contribution in [1.29, 1.82) is 0 Å². The highest BCUT2D eigenvalue weighted by Crippen LogP contribution is 2.18. The lowest BCUT2D eigenvalue weighted by molar-refractivity contribution is 0.127. The Morgan fingerprint density at radius 1 is 1.21 bits per heavy atom. The Morgan fingerprint density at radius 2 is 1.89 bits per heavy atom. The maximum Gasteiger partial charge on any atom is 0.0589 e. The lowest BCUT2D eigenvalue weighted by Gasteiger charge is -2.27. The molecule has 0 heterocycles. The molecule has 1 rings (SSSR count). The van der Waals surface area contributed by atoms with Crippen LogP contribution in [0.4, 0.5) is 0 Å². The number of methoxy groups -OCH3 is 1. The van der Waals surface area contributed by atoms with Gasteiger partial charge in [-0.2, -0.15) is 0 Å². The number of nitrogens with zero attached hydrogens (tertiary/aromatic N) is 1. The standard InChI is InChI=1S/C16H28N2O/c1-13(2)18(11-12-19-4)10-9-16(17)15-8-6-5-7-14(15)3/h5-8,13,16H,9-12,17H2,1-4H3. The summed E-state index contributed by atoms with van der Waals surface area (Å²) in [6.45, 7) is 9.31. The summed E-state index contributed by atoms with van der Waals surface area (Å²) < 4.78 is 5.16. The van der Waals surface area contributed by atoms with Crippen molar-refractivity contribution in [3.63, 3.8) is 0 Å². The van der Waals surface area contributed by atoms with Crippen molar-refractivity contribution >= 4 is 0 Å². The second-order valence-corrected chi connectivity index (χ2v) is 5.37. The topological polar surface area (TPSA) is 38.5 Å². The zero-order valence-electron chi connectivity index (χ0n) is 12.7. The largest absolute Gasteiger partial charge is 0.383 e. The van der Waals surface area contributed by atoms with Crippen molar-refractivity contribution < 1.29 is 4.74 Å². The van der Waals surface area contributed by atoms with E-state index in [1.54, 1.807) is 7.11 Å². The third-order valence-corrected chi connectivity index (χ3v) is 3.63. The number of ether oxygens (including phenoxy) is 1. The summed E-state index contributed by atoms with van der Waals surface area (Å²) >= 11 is 0. The third-order valence-electron chi connectivity index (χ3n) is 3.63. The minimum Gasteiger partial charge on any atom is -0.383 e. The molecule has 1 aromatic carbocycles. The molecule has 0 aliphatic rings. The quantitative estimate of drug-likeness (QED) is 0.784. The van der Waals surface area contributed by atoms with Crippen molar-refractivity contribution in [1.82, 2.24) is 4.90 Å². The van der Waals surface area contributed by atoms with Gasteiger partial charge in [-0.05, 0) is 38.3 Å². The second-order valence-electron chi connectivity index (χ2n) is 5.37. The van der Waals surface area contributed by atoms with Crippen molar-refractivity contribution in [3.8, 4) is 0 Å². The Bertz CT molecular complexity index is 366. The molecule has 2 N–H and O–H groups in total. The van der Waals surface area contributed by atoms with Gasteiger partial charge in [-0.3, -0.25) is 4.90 Å². The van der Waals surface area contributed by atoms with Gasteiger partial charge in [0.2, 0.25) is 0 Å². The first kappa shape index (κ1) is 16.2. The SMILES string of the molecule is COCCN(CCC(N)c1ccccc1C)C(C)C. The molecule has 0 aliphatic heterocycles. The van der Waals surface area contributed by atoms with Gasteiger partial charge in [0.25, 0.3) is 0 Å². The van der Waals surface area contributed by atoms with E-state index in [-0.39, 0.29) is 6.04 Å². The number of aryl methyl sites for hydroxylation is 1. The highest BCUT2D eigenvalue weighted by molar-refractivity contribution is 5.28. The lowest BCUT2D eigenvalue weighted by atomic mass is 9.99. The molecule has 1 aromatic rings.